The Balaban J connectivity index is 0.00000625. The van der Waals surface area contributed by atoms with Gasteiger partial charge in [-0.15, -0.1) is 12.4 Å². The van der Waals surface area contributed by atoms with E-state index in [-0.39, 0.29) is 30.5 Å². The van der Waals surface area contributed by atoms with Gasteiger partial charge in [-0.2, -0.15) is 0 Å². The fourth-order valence-corrected chi connectivity index (χ4v) is 2.60. The average molecular weight is 450 g/mol. The van der Waals surface area contributed by atoms with Crippen LogP contribution in [-0.4, -0.2) is 55.7 Å². The van der Waals surface area contributed by atoms with Crippen LogP contribution in [0.2, 0.25) is 0 Å². The van der Waals surface area contributed by atoms with E-state index >= 15 is 0 Å². The molecule has 0 heterocycles. The molecule has 12 heteroatoms. The van der Waals surface area contributed by atoms with Gasteiger partial charge in [0.25, 0.3) is 5.91 Å². The van der Waals surface area contributed by atoms with Crippen LogP contribution in [0.4, 0.5) is 0 Å². The highest BCUT2D eigenvalue weighted by atomic mass is 35.5. The highest BCUT2D eigenvalue weighted by Crippen LogP contribution is 2.20. The van der Waals surface area contributed by atoms with Crippen LogP contribution in [-0.2, 0) is 24.2 Å². The van der Waals surface area contributed by atoms with Gasteiger partial charge in [-0.05, 0) is 17.7 Å². The number of alkyl halides is 2. The number of sulfone groups is 1. The van der Waals surface area contributed by atoms with Crippen LogP contribution in [0.5, 0.6) is 0 Å². The van der Waals surface area contributed by atoms with Crippen LogP contribution >= 0.6 is 35.6 Å². The van der Waals surface area contributed by atoms with Gasteiger partial charge in [-0.3, -0.25) is 9.59 Å². The summed E-state index contributed by atoms with van der Waals surface area (Å²) in [5.41, 5.74) is 5.42. The number of rotatable bonds is 8. The first-order chi connectivity index (χ1) is 11.6. The fourth-order valence-electron chi connectivity index (χ4n) is 1.84. The van der Waals surface area contributed by atoms with Gasteiger partial charge < -0.3 is 20.9 Å². The predicted octanol–water partition coefficient (Wildman–Crippen LogP) is 0.336. The van der Waals surface area contributed by atoms with Crippen molar-refractivity contribution in [3.63, 3.8) is 0 Å². The minimum absolute atomic E-state index is 0. The lowest BCUT2D eigenvalue weighted by Gasteiger charge is -2.24. The molecule has 0 bridgehead atoms. The summed E-state index contributed by atoms with van der Waals surface area (Å²) in [6.07, 6.45) is -0.260. The van der Waals surface area contributed by atoms with Crippen LogP contribution in [0, 0.1) is 0 Å². The second kappa shape index (κ2) is 10.9. The molecule has 26 heavy (non-hydrogen) atoms. The number of benzene rings is 1. The molecule has 1 amide bonds. The van der Waals surface area contributed by atoms with E-state index in [1.54, 1.807) is 0 Å². The predicted molar refractivity (Wildman–Crippen MR) is 99.2 cm³/mol. The number of esters is 1. The quantitative estimate of drug-likeness (QED) is 0.384. The van der Waals surface area contributed by atoms with E-state index in [2.05, 4.69) is 5.32 Å². The van der Waals surface area contributed by atoms with Gasteiger partial charge >= 0.3 is 5.97 Å². The number of nitrogens with two attached hydrogens (primary N) is 1. The first kappa shape index (κ1) is 24.9. The number of aliphatic hydroxyl groups excluding tert-OH is 1. The molecule has 0 aliphatic heterocycles. The Kier molecular flexibility index (Phi) is 10.4. The molecule has 1 rings (SSSR count). The number of hydrogen-bond acceptors (Lipinski definition) is 7. The van der Waals surface area contributed by atoms with Gasteiger partial charge in [0.2, 0.25) is 0 Å². The Hall–Kier alpha value is -1.10. The third-order valence-corrected chi connectivity index (χ3v) is 4.67. The van der Waals surface area contributed by atoms with Crippen molar-refractivity contribution in [2.24, 2.45) is 5.73 Å². The second-order valence-corrected chi connectivity index (χ2v) is 8.20. The number of nitrogens with one attached hydrogen (secondary N) is 1. The first-order valence-electron chi connectivity index (χ1n) is 6.98. The van der Waals surface area contributed by atoms with Gasteiger partial charge in [0, 0.05) is 6.26 Å². The van der Waals surface area contributed by atoms with E-state index < -0.39 is 38.7 Å². The van der Waals surface area contributed by atoms with Gasteiger partial charge in [-0.1, -0.05) is 35.3 Å². The summed E-state index contributed by atoms with van der Waals surface area (Å²) in [6, 6.07) is 4.31. The van der Waals surface area contributed by atoms with Gasteiger partial charge in [0.05, 0.1) is 17.5 Å². The summed E-state index contributed by atoms with van der Waals surface area (Å²) in [7, 11) is -3.39. The van der Waals surface area contributed by atoms with Crippen molar-refractivity contribution in [2.75, 3.05) is 19.4 Å². The normalized spacial score (nSPS) is 13.5. The lowest BCUT2D eigenvalue weighted by atomic mass is 10.0. The number of carbonyl (C=O) groups excluding carboxylic acids is 2. The average Bonchev–Trinajstić information content (AvgIpc) is 2.56. The first-order valence-corrected chi connectivity index (χ1v) is 9.75. The summed E-state index contributed by atoms with van der Waals surface area (Å²) < 4.78 is 27.8. The lowest BCUT2D eigenvalue weighted by molar-refractivity contribution is -0.144. The maximum atomic E-state index is 11.7. The lowest BCUT2D eigenvalue weighted by Crippen LogP contribution is -2.45. The highest BCUT2D eigenvalue weighted by molar-refractivity contribution is 7.90. The summed E-state index contributed by atoms with van der Waals surface area (Å²) in [4.78, 5) is 21.5. The minimum atomic E-state index is -3.39. The highest BCUT2D eigenvalue weighted by Gasteiger charge is 2.26. The van der Waals surface area contributed by atoms with Gasteiger partial charge in [0.1, 0.15) is 12.7 Å². The van der Waals surface area contributed by atoms with E-state index in [0.717, 1.165) is 6.26 Å². The number of amides is 1. The Morgan fingerprint density at radius 3 is 2.23 bits per heavy atom. The molecule has 0 aliphatic carbocycles. The molecule has 1 aromatic carbocycles. The van der Waals surface area contributed by atoms with Crippen molar-refractivity contribution in [2.45, 2.75) is 21.9 Å². The zero-order valence-corrected chi connectivity index (χ0v) is 16.7. The molecule has 0 aliphatic rings. The third kappa shape index (κ3) is 7.65. The van der Waals surface area contributed by atoms with Crippen LogP contribution in [0.25, 0.3) is 0 Å². The molecule has 0 unspecified atom stereocenters. The molecule has 0 saturated carbocycles. The standard InChI is InChI=1S/C14H18Cl2N2O6S.ClH/c1-25(22,23)9-4-2-8(3-5-9)12(20)10(7-24-11(19)6-17)18-14(21)13(15)16;/h2-5,10,12-13,20H,6-7,17H2,1H3,(H,18,21);1H/t10-,12+;/m1./s1. The maximum Gasteiger partial charge on any atom is 0.319 e. The van der Waals surface area contributed by atoms with Gasteiger partial charge in [-0.25, -0.2) is 8.42 Å². The molecule has 1 aromatic rings. The van der Waals surface area contributed by atoms with Crippen LogP contribution < -0.4 is 11.1 Å². The molecule has 148 valence electrons. The third-order valence-electron chi connectivity index (χ3n) is 3.15. The van der Waals surface area contributed by atoms with Crippen LogP contribution in [0.1, 0.15) is 11.7 Å². The molecule has 0 spiro atoms. The topological polar surface area (TPSA) is 136 Å². The van der Waals surface area contributed by atoms with Crippen molar-refractivity contribution in [1.29, 1.82) is 0 Å². The zero-order valence-electron chi connectivity index (χ0n) is 13.6. The largest absolute Gasteiger partial charge is 0.462 e. The molecule has 0 saturated heterocycles. The molecular formula is C14H19Cl3N2O6S. The van der Waals surface area contributed by atoms with Crippen LogP contribution in [0.3, 0.4) is 0 Å². The van der Waals surface area contributed by atoms with Crippen molar-refractivity contribution in [1.82, 2.24) is 5.32 Å². The SMILES string of the molecule is CS(=O)(=O)c1ccc([C@H](O)[C@@H](COC(=O)CN)NC(=O)C(Cl)Cl)cc1.Cl. The number of halogens is 3. The van der Waals surface area contributed by atoms with E-state index in [0.29, 0.717) is 5.56 Å². The monoisotopic (exact) mass is 448 g/mol. The molecule has 0 aromatic heterocycles. The molecule has 0 fully saturated rings. The summed E-state index contributed by atoms with van der Waals surface area (Å²) in [5, 5.41) is 12.8. The minimum Gasteiger partial charge on any atom is -0.462 e. The Morgan fingerprint density at radius 2 is 1.81 bits per heavy atom. The molecule has 8 nitrogen and oxygen atoms in total. The molecular weight excluding hydrogens is 431 g/mol. The van der Waals surface area contributed by atoms with E-state index in [1.807, 2.05) is 0 Å². The van der Waals surface area contributed by atoms with E-state index in [1.165, 1.54) is 24.3 Å². The summed E-state index contributed by atoms with van der Waals surface area (Å²) in [5.74, 6) is -1.52. The molecule has 4 N–H and O–H groups in total. The van der Waals surface area contributed by atoms with Crippen LogP contribution in [0.15, 0.2) is 29.2 Å². The van der Waals surface area contributed by atoms with Crippen molar-refractivity contribution in [3.05, 3.63) is 29.8 Å². The number of hydrogen-bond donors (Lipinski definition) is 3. The Labute approximate surface area is 167 Å². The van der Waals surface area contributed by atoms with Crippen molar-refractivity contribution < 1.29 is 27.9 Å². The number of ether oxygens (including phenoxy) is 1. The Morgan fingerprint density at radius 1 is 1.27 bits per heavy atom. The smallest absolute Gasteiger partial charge is 0.319 e. The summed E-state index contributed by atoms with van der Waals surface area (Å²) >= 11 is 10.9. The van der Waals surface area contributed by atoms with Crippen molar-refractivity contribution in [3.8, 4) is 0 Å². The zero-order chi connectivity index (χ0) is 19.2. The maximum absolute atomic E-state index is 11.7. The molecule has 0 radical (unpaired) electrons. The Bertz CT molecular complexity index is 712. The van der Waals surface area contributed by atoms with Crippen molar-refractivity contribution >= 4 is 57.3 Å². The molecule has 2 atom stereocenters. The second-order valence-electron chi connectivity index (χ2n) is 5.09. The number of carbonyl (C=O) groups is 2. The number of aliphatic hydroxyl groups is 1. The van der Waals surface area contributed by atoms with E-state index in [4.69, 9.17) is 33.7 Å². The van der Waals surface area contributed by atoms with Gasteiger partial charge in [0.15, 0.2) is 14.7 Å². The fraction of sp³-hybridized carbons (Fsp3) is 0.429. The van der Waals surface area contributed by atoms with E-state index in [9.17, 15) is 23.1 Å². The summed E-state index contributed by atoms with van der Waals surface area (Å²) in [6.45, 7) is -0.745.